The van der Waals surface area contributed by atoms with Crippen LogP contribution in [0.5, 0.6) is 5.75 Å². The number of hydrogen-bond acceptors (Lipinski definition) is 4. The third-order valence-electron chi connectivity index (χ3n) is 4.53. The standard InChI is InChI=1S/C14H15NO.C7H8O3S/c1-3-15-10(2)16-14-9-12-7-5-4-6-11(12)8-13(14)15;1-6-2-4-7(5-3-6)11(8,9)10/h4-10H,3H2,1-2H3;2-5H,1H3,(H,8,9,10). The van der Waals surface area contributed by atoms with Gasteiger partial charge in [0.2, 0.25) is 0 Å². The molecule has 1 aliphatic heterocycles. The molecule has 0 radical (unpaired) electrons. The van der Waals surface area contributed by atoms with Crippen LogP contribution in [0.3, 0.4) is 0 Å². The molecular formula is C21H23NO4S. The molecule has 0 fully saturated rings. The lowest BCUT2D eigenvalue weighted by Gasteiger charge is -2.19. The van der Waals surface area contributed by atoms with Crippen molar-refractivity contribution in [2.24, 2.45) is 0 Å². The Morgan fingerprint density at radius 1 is 1.04 bits per heavy atom. The van der Waals surface area contributed by atoms with Gasteiger partial charge in [0.05, 0.1) is 10.6 Å². The summed E-state index contributed by atoms with van der Waals surface area (Å²) < 4.78 is 35.4. The maximum atomic E-state index is 10.5. The molecule has 0 aromatic heterocycles. The molecule has 1 N–H and O–H groups in total. The van der Waals surface area contributed by atoms with Crippen LogP contribution >= 0.6 is 0 Å². The zero-order valence-electron chi connectivity index (χ0n) is 15.6. The quantitative estimate of drug-likeness (QED) is 0.651. The number of rotatable bonds is 2. The molecule has 0 saturated carbocycles. The fourth-order valence-corrected chi connectivity index (χ4v) is 3.59. The average Bonchev–Trinajstić information content (AvgIpc) is 2.93. The minimum atomic E-state index is -4.02. The van der Waals surface area contributed by atoms with Crippen molar-refractivity contribution in [1.82, 2.24) is 0 Å². The highest BCUT2D eigenvalue weighted by molar-refractivity contribution is 7.85. The molecular weight excluding hydrogens is 362 g/mol. The first-order valence-corrected chi connectivity index (χ1v) is 10.2. The number of aryl methyl sites for hydroxylation is 1. The fourth-order valence-electron chi connectivity index (χ4n) is 3.11. The van der Waals surface area contributed by atoms with Crippen molar-refractivity contribution in [3.8, 4) is 5.75 Å². The number of ether oxygens (including phenoxy) is 1. The van der Waals surface area contributed by atoms with Gasteiger partial charge in [-0.15, -0.1) is 0 Å². The number of fused-ring (bicyclic) bond motifs is 2. The van der Waals surface area contributed by atoms with E-state index in [0.717, 1.165) is 17.9 Å². The van der Waals surface area contributed by atoms with Crippen LogP contribution in [-0.4, -0.2) is 25.7 Å². The first-order chi connectivity index (χ1) is 12.8. The third-order valence-corrected chi connectivity index (χ3v) is 5.40. The SMILES string of the molecule is CCN1c2cc3ccccc3cc2OC1C.Cc1ccc(S(=O)(=O)O)cc1. The minimum absolute atomic E-state index is 0.0666. The molecule has 5 nitrogen and oxygen atoms in total. The first-order valence-electron chi connectivity index (χ1n) is 8.80. The Balaban J connectivity index is 0.000000168. The van der Waals surface area contributed by atoms with Crippen LogP contribution in [0, 0.1) is 6.92 Å². The summed E-state index contributed by atoms with van der Waals surface area (Å²) in [5.74, 6) is 1.01. The Kier molecular flexibility index (Phi) is 5.39. The molecule has 142 valence electrons. The van der Waals surface area contributed by atoms with Gasteiger partial charge in [-0.2, -0.15) is 8.42 Å². The van der Waals surface area contributed by atoms with Crippen molar-refractivity contribution in [3.63, 3.8) is 0 Å². The van der Waals surface area contributed by atoms with E-state index < -0.39 is 10.1 Å². The number of benzene rings is 3. The van der Waals surface area contributed by atoms with Crippen molar-refractivity contribution in [2.75, 3.05) is 11.4 Å². The van der Waals surface area contributed by atoms with Gasteiger partial charge in [-0.25, -0.2) is 0 Å². The minimum Gasteiger partial charge on any atom is -0.469 e. The molecule has 4 rings (SSSR count). The topological polar surface area (TPSA) is 66.8 Å². The molecule has 0 bridgehead atoms. The lowest BCUT2D eigenvalue weighted by molar-refractivity contribution is 0.246. The summed E-state index contributed by atoms with van der Waals surface area (Å²) in [6.45, 7) is 7.07. The van der Waals surface area contributed by atoms with Gasteiger partial charge >= 0.3 is 0 Å². The summed E-state index contributed by atoms with van der Waals surface area (Å²) in [6, 6.07) is 18.7. The monoisotopic (exact) mass is 385 g/mol. The summed E-state index contributed by atoms with van der Waals surface area (Å²) >= 11 is 0. The Morgan fingerprint density at radius 3 is 2.19 bits per heavy atom. The lowest BCUT2D eigenvalue weighted by Crippen LogP contribution is -2.31. The van der Waals surface area contributed by atoms with E-state index in [1.165, 1.54) is 28.6 Å². The van der Waals surface area contributed by atoms with Gasteiger partial charge in [0.1, 0.15) is 5.75 Å². The zero-order valence-corrected chi connectivity index (χ0v) is 16.4. The molecule has 0 amide bonds. The molecule has 1 aliphatic rings. The van der Waals surface area contributed by atoms with Gasteiger partial charge < -0.3 is 9.64 Å². The number of anilines is 1. The van der Waals surface area contributed by atoms with Gasteiger partial charge in [0, 0.05) is 6.54 Å². The van der Waals surface area contributed by atoms with Crippen molar-refractivity contribution in [2.45, 2.75) is 31.9 Å². The second-order valence-electron chi connectivity index (χ2n) is 6.46. The van der Waals surface area contributed by atoms with E-state index in [-0.39, 0.29) is 11.1 Å². The Morgan fingerprint density at radius 2 is 1.63 bits per heavy atom. The van der Waals surface area contributed by atoms with Gasteiger partial charge in [-0.3, -0.25) is 4.55 Å². The summed E-state index contributed by atoms with van der Waals surface area (Å²) in [6.07, 6.45) is 0.150. The highest BCUT2D eigenvalue weighted by atomic mass is 32.2. The Hall–Kier alpha value is -2.57. The molecule has 1 unspecified atom stereocenters. The van der Waals surface area contributed by atoms with E-state index in [9.17, 15) is 8.42 Å². The predicted octanol–water partition coefficient (Wildman–Crippen LogP) is 4.65. The fraction of sp³-hybridized carbons (Fsp3) is 0.238. The van der Waals surface area contributed by atoms with Gasteiger partial charge in [0.25, 0.3) is 10.1 Å². The molecule has 1 heterocycles. The summed E-state index contributed by atoms with van der Waals surface area (Å²) in [7, 11) is -4.02. The van der Waals surface area contributed by atoms with E-state index in [1.807, 2.05) is 6.92 Å². The first kappa shape index (κ1) is 19.2. The van der Waals surface area contributed by atoms with E-state index in [2.05, 4.69) is 55.1 Å². The molecule has 0 spiro atoms. The molecule has 0 aliphatic carbocycles. The van der Waals surface area contributed by atoms with Gasteiger partial charge in [0.15, 0.2) is 6.23 Å². The second kappa shape index (κ2) is 7.58. The number of hydrogen-bond donors (Lipinski definition) is 1. The van der Waals surface area contributed by atoms with E-state index in [1.54, 1.807) is 12.1 Å². The molecule has 0 saturated heterocycles. The Bertz CT molecular complexity index is 1050. The van der Waals surface area contributed by atoms with Crippen molar-refractivity contribution in [3.05, 3.63) is 66.2 Å². The maximum Gasteiger partial charge on any atom is 0.294 e. The van der Waals surface area contributed by atoms with Crippen LogP contribution in [0.15, 0.2) is 65.6 Å². The van der Waals surface area contributed by atoms with Crippen molar-refractivity contribution >= 4 is 26.6 Å². The van der Waals surface area contributed by atoms with Crippen LogP contribution in [0.25, 0.3) is 10.8 Å². The normalized spacial score (nSPS) is 15.7. The van der Waals surface area contributed by atoms with Gasteiger partial charge in [-0.05, 0) is 55.8 Å². The second-order valence-corrected chi connectivity index (χ2v) is 7.88. The molecule has 27 heavy (non-hydrogen) atoms. The molecule has 6 heteroatoms. The van der Waals surface area contributed by atoms with Crippen LogP contribution in [-0.2, 0) is 10.1 Å². The zero-order chi connectivity index (χ0) is 19.6. The number of nitrogens with zero attached hydrogens (tertiary/aromatic N) is 1. The average molecular weight is 385 g/mol. The summed E-state index contributed by atoms with van der Waals surface area (Å²) in [5.41, 5.74) is 2.17. The molecule has 3 aromatic carbocycles. The predicted molar refractivity (Wildman–Crippen MR) is 108 cm³/mol. The summed E-state index contributed by atoms with van der Waals surface area (Å²) in [5, 5.41) is 2.52. The highest BCUT2D eigenvalue weighted by Gasteiger charge is 2.26. The molecule has 3 aromatic rings. The summed E-state index contributed by atoms with van der Waals surface area (Å²) in [4.78, 5) is 2.21. The van der Waals surface area contributed by atoms with Crippen LogP contribution in [0.4, 0.5) is 5.69 Å². The van der Waals surface area contributed by atoms with Crippen LogP contribution in [0.1, 0.15) is 19.4 Å². The van der Waals surface area contributed by atoms with E-state index in [0.29, 0.717) is 0 Å². The van der Waals surface area contributed by atoms with E-state index in [4.69, 9.17) is 9.29 Å². The molecule has 1 atom stereocenters. The lowest BCUT2D eigenvalue weighted by atomic mass is 10.1. The Labute approximate surface area is 159 Å². The largest absolute Gasteiger partial charge is 0.469 e. The highest BCUT2D eigenvalue weighted by Crippen LogP contribution is 2.39. The maximum absolute atomic E-state index is 10.5. The van der Waals surface area contributed by atoms with Crippen molar-refractivity contribution in [1.29, 1.82) is 0 Å². The van der Waals surface area contributed by atoms with Crippen LogP contribution < -0.4 is 9.64 Å². The van der Waals surface area contributed by atoms with E-state index >= 15 is 0 Å². The van der Waals surface area contributed by atoms with Crippen LogP contribution in [0.2, 0.25) is 0 Å². The smallest absolute Gasteiger partial charge is 0.294 e. The third kappa shape index (κ3) is 4.23. The van der Waals surface area contributed by atoms with Gasteiger partial charge in [-0.1, -0.05) is 42.0 Å². The van der Waals surface area contributed by atoms with Crippen molar-refractivity contribution < 1.29 is 17.7 Å².